The molecule has 0 atom stereocenters. The molecule has 1 aliphatic carbocycles. The van der Waals surface area contributed by atoms with E-state index < -0.39 is 0 Å². The highest BCUT2D eigenvalue weighted by Crippen LogP contribution is 2.35. The van der Waals surface area contributed by atoms with Crippen molar-refractivity contribution >= 4 is 5.84 Å². The monoisotopic (exact) mass is 184 g/mol. The zero-order valence-electron chi connectivity index (χ0n) is 8.84. The smallest absolute Gasteiger partial charge is 0.126 e. The van der Waals surface area contributed by atoms with Crippen LogP contribution in [0.15, 0.2) is 4.99 Å². The van der Waals surface area contributed by atoms with E-state index >= 15 is 0 Å². The Morgan fingerprint density at radius 2 is 2.15 bits per heavy atom. The van der Waals surface area contributed by atoms with Crippen LogP contribution in [0.3, 0.4) is 0 Å². The van der Waals surface area contributed by atoms with E-state index in [2.05, 4.69) is 18.8 Å². The SMILES string of the molecule is COC1(C(N)=NCC(C)C)CCC1. The summed E-state index contributed by atoms with van der Waals surface area (Å²) in [6, 6.07) is 0. The number of methoxy groups -OCH3 is 1. The zero-order chi connectivity index (χ0) is 9.90. The minimum absolute atomic E-state index is 0.213. The summed E-state index contributed by atoms with van der Waals surface area (Å²) in [5.74, 6) is 1.25. The number of nitrogens with zero attached hydrogens (tertiary/aromatic N) is 1. The molecule has 0 radical (unpaired) electrons. The third kappa shape index (κ3) is 2.21. The Morgan fingerprint density at radius 1 is 1.54 bits per heavy atom. The Bertz CT molecular complexity index is 190. The summed E-state index contributed by atoms with van der Waals surface area (Å²) in [7, 11) is 1.72. The number of aliphatic imine (C=N–C) groups is 1. The maximum Gasteiger partial charge on any atom is 0.126 e. The number of ether oxygens (including phenoxy) is 1. The number of hydrogen-bond donors (Lipinski definition) is 1. The second kappa shape index (κ2) is 4.09. The summed E-state index contributed by atoms with van der Waals surface area (Å²) >= 11 is 0. The van der Waals surface area contributed by atoms with E-state index in [-0.39, 0.29) is 5.60 Å². The Morgan fingerprint density at radius 3 is 2.46 bits per heavy atom. The summed E-state index contributed by atoms with van der Waals surface area (Å²) in [4.78, 5) is 4.36. The van der Waals surface area contributed by atoms with Crippen molar-refractivity contribution in [3.8, 4) is 0 Å². The molecule has 0 aromatic rings. The van der Waals surface area contributed by atoms with Crippen LogP contribution in [-0.4, -0.2) is 25.1 Å². The molecule has 0 aliphatic heterocycles. The van der Waals surface area contributed by atoms with Crippen molar-refractivity contribution in [2.45, 2.75) is 38.7 Å². The minimum atomic E-state index is -0.213. The number of rotatable bonds is 4. The van der Waals surface area contributed by atoms with Gasteiger partial charge in [0.1, 0.15) is 11.4 Å². The van der Waals surface area contributed by atoms with Crippen molar-refractivity contribution in [1.82, 2.24) is 0 Å². The Balaban J connectivity index is 2.53. The van der Waals surface area contributed by atoms with Crippen molar-refractivity contribution in [3.63, 3.8) is 0 Å². The molecule has 0 aromatic heterocycles. The molecule has 0 saturated heterocycles. The number of amidine groups is 1. The van der Waals surface area contributed by atoms with Crippen LogP contribution in [0.1, 0.15) is 33.1 Å². The highest BCUT2D eigenvalue weighted by molar-refractivity contribution is 5.90. The molecule has 3 heteroatoms. The largest absolute Gasteiger partial charge is 0.385 e. The van der Waals surface area contributed by atoms with Gasteiger partial charge in [0.2, 0.25) is 0 Å². The molecule has 0 aromatic carbocycles. The lowest BCUT2D eigenvalue weighted by molar-refractivity contribution is -0.0136. The van der Waals surface area contributed by atoms with Crippen LogP contribution < -0.4 is 5.73 Å². The van der Waals surface area contributed by atoms with Gasteiger partial charge in [-0.15, -0.1) is 0 Å². The number of hydrogen-bond acceptors (Lipinski definition) is 2. The fourth-order valence-corrected chi connectivity index (χ4v) is 1.49. The normalized spacial score (nSPS) is 21.7. The molecule has 13 heavy (non-hydrogen) atoms. The van der Waals surface area contributed by atoms with Crippen LogP contribution in [0.4, 0.5) is 0 Å². The Kier molecular flexibility index (Phi) is 3.31. The predicted octanol–water partition coefficient (Wildman–Crippen LogP) is 1.57. The first kappa shape index (κ1) is 10.5. The Labute approximate surface area is 80.4 Å². The summed E-state index contributed by atoms with van der Waals surface area (Å²) in [5, 5.41) is 0. The van der Waals surface area contributed by atoms with E-state index in [0.29, 0.717) is 11.8 Å². The highest BCUT2D eigenvalue weighted by Gasteiger charge is 2.40. The molecule has 0 amide bonds. The minimum Gasteiger partial charge on any atom is -0.385 e. The van der Waals surface area contributed by atoms with E-state index in [0.717, 1.165) is 19.4 Å². The number of nitrogens with two attached hydrogens (primary N) is 1. The predicted molar refractivity (Wildman–Crippen MR) is 54.9 cm³/mol. The first-order valence-corrected chi connectivity index (χ1v) is 4.96. The van der Waals surface area contributed by atoms with Crippen LogP contribution in [-0.2, 0) is 4.74 Å². The summed E-state index contributed by atoms with van der Waals surface area (Å²) in [6.45, 7) is 5.07. The zero-order valence-corrected chi connectivity index (χ0v) is 8.84. The molecule has 1 rings (SSSR count). The molecule has 76 valence electrons. The van der Waals surface area contributed by atoms with E-state index in [1.807, 2.05) is 0 Å². The van der Waals surface area contributed by atoms with Gasteiger partial charge in [0.05, 0.1) is 0 Å². The lowest BCUT2D eigenvalue weighted by Crippen LogP contribution is -2.51. The molecule has 0 heterocycles. The lowest BCUT2D eigenvalue weighted by atomic mass is 9.79. The van der Waals surface area contributed by atoms with Gasteiger partial charge in [-0.25, -0.2) is 0 Å². The lowest BCUT2D eigenvalue weighted by Gasteiger charge is -2.39. The standard InChI is InChI=1S/C10H20N2O/c1-8(2)7-12-9(11)10(13-3)5-4-6-10/h8H,4-7H2,1-3H3,(H2,11,12). The highest BCUT2D eigenvalue weighted by atomic mass is 16.5. The van der Waals surface area contributed by atoms with E-state index in [1.165, 1.54) is 6.42 Å². The van der Waals surface area contributed by atoms with Crippen LogP contribution in [0.25, 0.3) is 0 Å². The molecule has 1 aliphatic rings. The van der Waals surface area contributed by atoms with Crippen LogP contribution in [0.5, 0.6) is 0 Å². The average Bonchev–Trinajstić information content (AvgIpc) is 2.00. The summed E-state index contributed by atoms with van der Waals surface area (Å²) < 4.78 is 5.41. The van der Waals surface area contributed by atoms with Gasteiger partial charge < -0.3 is 10.5 Å². The molecule has 1 fully saturated rings. The average molecular weight is 184 g/mol. The van der Waals surface area contributed by atoms with Crippen molar-refractivity contribution in [3.05, 3.63) is 0 Å². The topological polar surface area (TPSA) is 47.6 Å². The summed E-state index contributed by atoms with van der Waals surface area (Å²) in [6.07, 6.45) is 3.25. The van der Waals surface area contributed by atoms with Crippen molar-refractivity contribution in [2.75, 3.05) is 13.7 Å². The van der Waals surface area contributed by atoms with E-state index in [9.17, 15) is 0 Å². The maximum absolute atomic E-state index is 5.90. The van der Waals surface area contributed by atoms with Gasteiger partial charge in [-0.3, -0.25) is 4.99 Å². The van der Waals surface area contributed by atoms with Gasteiger partial charge in [0.15, 0.2) is 0 Å². The molecule has 1 saturated carbocycles. The molecule has 2 N–H and O–H groups in total. The second-order valence-corrected chi connectivity index (χ2v) is 4.17. The van der Waals surface area contributed by atoms with Crippen LogP contribution >= 0.6 is 0 Å². The van der Waals surface area contributed by atoms with Crippen molar-refractivity contribution in [1.29, 1.82) is 0 Å². The van der Waals surface area contributed by atoms with Gasteiger partial charge in [0, 0.05) is 13.7 Å². The van der Waals surface area contributed by atoms with E-state index in [4.69, 9.17) is 10.5 Å². The van der Waals surface area contributed by atoms with E-state index in [1.54, 1.807) is 7.11 Å². The fourth-order valence-electron chi connectivity index (χ4n) is 1.49. The first-order chi connectivity index (χ1) is 6.10. The molecular formula is C10H20N2O. The van der Waals surface area contributed by atoms with Gasteiger partial charge in [-0.05, 0) is 25.2 Å². The van der Waals surface area contributed by atoms with Gasteiger partial charge in [-0.2, -0.15) is 0 Å². The molecule has 0 bridgehead atoms. The van der Waals surface area contributed by atoms with Gasteiger partial charge >= 0.3 is 0 Å². The van der Waals surface area contributed by atoms with Crippen LogP contribution in [0.2, 0.25) is 0 Å². The van der Waals surface area contributed by atoms with Crippen molar-refractivity contribution in [2.24, 2.45) is 16.6 Å². The summed E-state index contributed by atoms with van der Waals surface area (Å²) in [5.41, 5.74) is 5.68. The third-order valence-electron chi connectivity index (χ3n) is 2.65. The fraction of sp³-hybridized carbons (Fsp3) is 0.900. The Hall–Kier alpha value is -0.570. The van der Waals surface area contributed by atoms with Gasteiger partial charge in [0.25, 0.3) is 0 Å². The molecule has 0 unspecified atom stereocenters. The van der Waals surface area contributed by atoms with Crippen LogP contribution in [0, 0.1) is 5.92 Å². The van der Waals surface area contributed by atoms with Crippen molar-refractivity contribution < 1.29 is 4.74 Å². The van der Waals surface area contributed by atoms with Gasteiger partial charge in [-0.1, -0.05) is 13.8 Å². The molecular weight excluding hydrogens is 164 g/mol. The maximum atomic E-state index is 5.90. The first-order valence-electron chi connectivity index (χ1n) is 4.96. The second-order valence-electron chi connectivity index (χ2n) is 4.17. The quantitative estimate of drug-likeness (QED) is 0.532. The third-order valence-corrected chi connectivity index (χ3v) is 2.65. The molecule has 3 nitrogen and oxygen atoms in total. The molecule has 0 spiro atoms.